The van der Waals surface area contributed by atoms with Crippen LogP contribution < -0.4 is 0 Å². The summed E-state index contributed by atoms with van der Waals surface area (Å²) < 4.78 is -0.591. The van der Waals surface area contributed by atoms with Gasteiger partial charge in [-0.1, -0.05) is 89.4 Å². The molecule has 0 aliphatic heterocycles. The minimum atomic E-state index is -0.591. The Balaban J connectivity index is 2.06. The second kappa shape index (κ2) is 6.15. The van der Waals surface area contributed by atoms with Crippen molar-refractivity contribution in [1.29, 1.82) is 0 Å². The van der Waals surface area contributed by atoms with Gasteiger partial charge in [0.25, 0.3) is 0 Å². The molecule has 1 aliphatic rings. The SMILES string of the molecule is O=C(c1ccccc1)C(Br)(c1ccccc1)C1CCCC1. The van der Waals surface area contributed by atoms with E-state index >= 15 is 0 Å². The molecule has 2 aromatic carbocycles. The Hall–Kier alpha value is -1.41. The van der Waals surface area contributed by atoms with Gasteiger partial charge in [-0.2, -0.15) is 0 Å². The molecule has 2 aromatic rings. The largest absolute Gasteiger partial charge is 0.292 e. The second-order valence-electron chi connectivity index (χ2n) is 5.75. The van der Waals surface area contributed by atoms with Gasteiger partial charge in [-0.3, -0.25) is 4.79 Å². The van der Waals surface area contributed by atoms with Crippen LogP contribution in [0.4, 0.5) is 0 Å². The fourth-order valence-electron chi connectivity index (χ4n) is 3.36. The van der Waals surface area contributed by atoms with Gasteiger partial charge in [-0.15, -0.1) is 0 Å². The highest BCUT2D eigenvalue weighted by molar-refractivity contribution is 9.10. The molecule has 1 nitrogen and oxygen atoms in total. The zero-order chi connectivity index (χ0) is 14.7. The summed E-state index contributed by atoms with van der Waals surface area (Å²) >= 11 is 3.87. The monoisotopic (exact) mass is 342 g/mol. The van der Waals surface area contributed by atoms with Crippen LogP contribution in [-0.2, 0) is 4.32 Å². The fraction of sp³-hybridized carbons (Fsp3) is 0.316. The first kappa shape index (κ1) is 14.5. The van der Waals surface area contributed by atoms with Crippen molar-refractivity contribution in [3.63, 3.8) is 0 Å². The summed E-state index contributed by atoms with van der Waals surface area (Å²) in [5.41, 5.74) is 1.86. The summed E-state index contributed by atoms with van der Waals surface area (Å²) in [5, 5.41) is 0. The number of rotatable bonds is 4. The summed E-state index contributed by atoms with van der Waals surface area (Å²) in [6.07, 6.45) is 4.65. The zero-order valence-corrected chi connectivity index (χ0v) is 13.6. The van der Waals surface area contributed by atoms with Gasteiger partial charge >= 0.3 is 0 Å². The molecule has 108 valence electrons. The van der Waals surface area contributed by atoms with Gasteiger partial charge in [0.2, 0.25) is 0 Å². The van der Waals surface area contributed by atoms with Crippen molar-refractivity contribution in [2.45, 2.75) is 30.0 Å². The molecule has 1 fully saturated rings. The Labute approximate surface area is 134 Å². The molecule has 1 atom stereocenters. The second-order valence-corrected chi connectivity index (χ2v) is 7.01. The lowest BCUT2D eigenvalue weighted by Gasteiger charge is -2.33. The Morgan fingerprint density at radius 2 is 1.43 bits per heavy atom. The van der Waals surface area contributed by atoms with E-state index in [0.29, 0.717) is 5.92 Å². The normalized spacial score (nSPS) is 18.3. The first-order valence-corrected chi connectivity index (χ1v) is 8.36. The smallest absolute Gasteiger partial charge is 0.184 e. The number of hydrogen-bond donors (Lipinski definition) is 0. The summed E-state index contributed by atoms with van der Waals surface area (Å²) in [7, 11) is 0. The first-order valence-electron chi connectivity index (χ1n) is 7.57. The van der Waals surface area contributed by atoms with E-state index < -0.39 is 4.32 Å². The Morgan fingerprint density at radius 3 is 2.00 bits per heavy atom. The predicted molar refractivity (Wildman–Crippen MR) is 89.8 cm³/mol. The van der Waals surface area contributed by atoms with Crippen LogP contribution in [0.5, 0.6) is 0 Å². The van der Waals surface area contributed by atoms with Gasteiger partial charge in [-0.05, 0) is 24.3 Å². The summed E-state index contributed by atoms with van der Waals surface area (Å²) in [6.45, 7) is 0. The highest BCUT2D eigenvalue weighted by Crippen LogP contribution is 2.48. The molecule has 0 spiro atoms. The van der Waals surface area contributed by atoms with Crippen LogP contribution in [0.2, 0.25) is 0 Å². The Kier molecular flexibility index (Phi) is 4.25. The average molecular weight is 343 g/mol. The highest BCUT2D eigenvalue weighted by atomic mass is 79.9. The highest BCUT2D eigenvalue weighted by Gasteiger charge is 2.45. The standard InChI is InChI=1S/C19H19BrO/c20-19(17-13-7-8-14-17,16-11-5-2-6-12-16)18(21)15-9-3-1-4-10-15/h1-6,9-12,17H,7-8,13-14H2. The molecular formula is C19H19BrO. The third-order valence-electron chi connectivity index (χ3n) is 4.48. The topological polar surface area (TPSA) is 17.1 Å². The molecule has 0 bridgehead atoms. The van der Waals surface area contributed by atoms with E-state index in [9.17, 15) is 4.79 Å². The lowest BCUT2D eigenvalue weighted by molar-refractivity contribution is 0.0910. The van der Waals surface area contributed by atoms with Gasteiger partial charge in [0.1, 0.15) is 4.32 Å². The number of alkyl halides is 1. The van der Waals surface area contributed by atoms with E-state index in [1.807, 2.05) is 48.5 Å². The maximum Gasteiger partial charge on any atom is 0.184 e. The molecule has 2 heteroatoms. The van der Waals surface area contributed by atoms with Crippen molar-refractivity contribution < 1.29 is 4.79 Å². The molecule has 0 saturated heterocycles. The Bertz CT molecular complexity index is 602. The quantitative estimate of drug-likeness (QED) is 0.540. The van der Waals surface area contributed by atoms with Crippen molar-refractivity contribution in [3.8, 4) is 0 Å². The minimum Gasteiger partial charge on any atom is -0.292 e. The molecule has 0 amide bonds. The number of halogens is 1. The van der Waals surface area contributed by atoms with Gasteiger partial charge < -0.3 is 0 Å². The van der Waals surface area contributed by atoms with Crippen LogP contribution in [0.1, 0.15) is 41.6 Å². The molecule has 3 rings (SSSR count). The van der Waals surface area contributed by atoms with Crippen LogP contribution in [-0.4, -0.2) is 5.78 Å². The maximum absolute atomic E-state index is 13.2. The third kappa shape index (κ3) is 2.69. The first-order chi connectivity index (χ1) is 10.2. The molecule has 0 N–H and O–H groups in total. The van der Waals surface area contributed by atoms with E-state index in [1.165, 1.54) is 12.8 Å². The lowest BCUT2D eigenvalue weighted by Crippen LogP contribution is -2.36. The van der Waals surface area contributed by atoms with Crippen molar-refractivity contribution in [3.05, 3.63) is 71.8 Å². The van der Waals surface area contributed by atoms with E-state index in [0.717, 1.165) is 24.0 Å². The zero-order valence-electron chi connectivity index (χ0n) is 12.0. The Morgan fingerprint density at radius 1 is 0.905 bits per heavy atom. The van der Waals surface area contributed by atoms with Crippen molar-refractivity contribution in [2.75, 3.05) is 0 Å². The number of Topliss-reactive ketones (excluding diaryl/α,β-unsaturated/α-hetero) is 1. The molecular weight excluding hydrogens is 324 g/mol. The molecule has 21 heavy (non-hydrogen) atoms. The number of hydrogen-bond acceptors (Lipinski definition) is 1. The predicted octanol–water partition coefficient (Wildman–Crippen LogP) is 5.35. The number of ketones is 1. The summed E-state index contributed by atoms with van der Waals surface area (Å²) in [5.74, 6) is 0.550. The van der Waals surface area contributed by atoms with E-state index in [2.05, 4.69) is 28.1 Å². The van der Waals surface area contributed by atoms with E-state index in [4.69, 9.17) is 0 Å². The fourth-order valence-corrected chi connectivity index (χ4v) is 4.31. The summed E-state index contributed by atoms with van der Waals surface area (Å²) in [6, 6.07) is 19.8. The number of carbonyl (C=O) groups excluding carboxylic acids is 1. The molecule has 1 unspecified atom stereocenters. The van der Waals surface area contributed by atoms with E-state index in [-0.39, 0.29) is 5.78 Å². The van der Waals surface area contributed by atoms with E-state index in [1.54, 1.807) is 0 Å². The molecule has 1 aliphatic carbocycles. The third-order valence-corrected chi connectivity index (χ3v) is 5.94. The maximum atomic E-state index is 13.2. The average Bonchev–Trinajstić information content (AvgIpc) is 3.10. The van der Waals surface area contributed by atoms with Gasteiger partial charge in [0.05, 0.1) is 0 Å². The van der Waals surface area contributed by atoms with Crippen molar-refractivity contribution in [1.82, 2.24) is 0 Å². The van der Waals surface area contributed by atoms with Gasteiger partial charge in [0, 0.05) is 5.56 Å². The van der Waals surface area contributed by atoms with Crippen LogP contribution in [0, 0.1) is 5.92 Å². The van der Waals surface area contributed by atoms with Crippen LogP contribution >= 0.6 is 15.9 Å². The van der Waals surface area contributed by atoms with Crippen LogP contribution in [0.15, 0.2) is 60.7 Å². The van der Waals surface area contributed by atoms with Gasteiger partial charge in [-0.25, -0.2) is 0 Å². The molecule has 0 heterocycles. The molecule has 0 radical (unpaired) electrons. The van der Waals surface area contributed by atoms with Crippen LogP contribution in [0.3, 0.4) is 0 Å². The van der Waals surface area contributed by atoms with Crippen molar-refractivity contribution >= 4 is 21.7 Å². The molecule has 1 saturated carbocycles. The number of benzene rings is 2. The van der Waals surface area contributed by atoms with Crippen LogP contribution in [0.25, 0.3) is 0 Å². The molecule has 0 aromatic heterocycles. The minimum absolute atomic E-state index is 0.182. The lowest BCUT2D eigenvalue weighted by atomic mass is 9.79. The summed E-state index contributed by atoms with van der Waals surface area (Å²) in [4.78, 5) is 13.2. The number of carbonyl (C=O) groups is 1. The van der Waals surface area contributed by atoms with Crippen molar-refractivity contribution in [2.24, 2.45) is 5.92 Å². The van der Waals surface area contributed by atoms with Gasteiger partial charge in [0.15, 0.2) is 5.78 Å².